The van der Waals surface area contributed by atoms with Gasteiger partial charge in [0.25, 0.3) is 5.91 Å². The molecule has 0 aliphatic carbocycles. The summed E-state index contributed by atoms with van der Waals surface area (Å²) in [6.07, 6.45) is 0.711. The van der Waals surface area contributed by atoms with Gasteiger partial charge in [-0.2, -0.15) is 0 Å². The molecule has 8 nitrogen and oxygen atoms in total. The summed E-state index contributed by atoms with van der Waals surface area (Å²) < 4.78 is 37.7. The highest BCUT2D eigenvalue weighted by Crippen LogP contribution is 2.15. The first-order valence-corrected chi connectivity index (χ1v) is 10.9. The molecule has 28 heavy (non-hydrogen) atoms. The lowest BCUT2D eigenvalue weighted by atomic mass is 10.2. The maximum absolute atomic E-state index is 12.3. The van der Waals surface area contributed by atoms with E-state index in [2.05, 4.69) is 10.0 Å². The van der Waals surface area contributed by atoms with E-state index in [1.807, 2.05) is 13.8 Å². The number of ether oxygens (including phenoxy) is 2. The quantitative estimate of drug-likeness (QED) is 0.594. The normalized spacial score (nSPS) is 18.1. The number of carbonyl (C=O) groups excluding carboxylic acids is 2. The molecule has 2 unspecified atom stereocenters. The Balaban J connectivity index is 1.91. The van der Waals surface area contributed by atoms with Crippen molar-refractivity contribution in [2.45, 2.75) is 50.7 Å². The van der Waals surface area contributed by atoms with Crippen molar-refractivity contribution in [3.8, 4) is 0 Å². The van der Waals surface area contributed by atoms with E-state index >= 15 is 0 Å². The highest BCUT2D eigenvalue weighted by molar-refractivity contribution is 7.89. The first kappa shape index (κ1) is 22.3. The van der Waals surface area contributed by atoms with Gasteiger partial charge in [-0.25, -0.2) is 17.9 Å². The molecule has 1 aliphatic rings. The van der Waals surface area contributed by atoms with E-state index in [1.54, 1.807) is 0 Å². The molecule has 2 rings (SSSR count). The zero-order chi connectivity index (χ0) is 20.7. The molecule has 1 amide bonds. The number of carbonyl (C=O) groups is 2. The number of hydrogen-bond acceptors (Lipinski definition) is 6. The van der Waals surface area contributed by atoms with Crippen LogP contribution in [0.5, 0.6) is 0 Å². The van der Waals surface area contributed by atoms with E-state index in [0.717, 1.165) is 12.8 Å². The van der Waals surface area contributed by atoms with Crippen molar-refractivity contribution in [2.24, 2.45) is 5.92 Å². The van der Waals surface area contributed by atoms with Gasteiger partial charge in [-0.15, -0.1) is 0 Å². The summed E-state index contributed by atoms with van der Waals surface area (Å²) >= 11 is 0. The Kier molecular flexibility index (Phi) is 7.97. The number of benzene rings is 1. The number of sulfonamides is 1. The third-order valence-corrected chi connectivity index (χ3v) is 5.70. The predicted molar refractivity (Wildman–Crippen MR) is 103 cm³/mol. The van der Waals surface area contributed by atoms with E-state index in [-0.39, 0.29) is 34.9 Å². The fraction of sp³-hybridized carbons (Fsp3) is 0.579. The summed E-state index contributed by atoms with van der Waals surface area (Å²) in [6, 6.07) is 5.39. The summed E-state index contributed by atoms with van der Waals surface area (Å²) in [5.41, 5.74) is 0.168. The van der Waals surface area contributed by atoms with Gasteiger partial charge in [0, 0.05) is 19.7 Å². The van der Waals surface area contributed by atoms with Crippen molar-refractivity contribution >= 4 is 21.9 Å². The molecule has 1 aromatic carbocycles. The third-order valence-electron chi connectivity index (χ3n) is 4.26. The topological polar surface area (TPSA) is 111 Å². The number of rotatable bonds is 9. The average molecular weight is 413 g/mol. The lowest BCUT2D eigenvalue weighted by Crippen LogP contribution is -2.37. The van der Waals surface area contributed by atoms with Gasteiger partial charge in [0.05, 0.1) is 16.6 Å². The second-order valence-electron chi connectivity index (χ2n) is 7.20. The van der Waals surface area contributed by atoms with E-state index in [9.17, 15) is 18.0 Å². The van der Waals surface area contributed by atoms with Crippen LogP contribution >= 0.6 is 0 Å². The van der Waals surface area contributed by atoms with Gasteiger partial charge in [0.15, 0.2) is 6.10 Å². The Morgan fingerprint density at radius 3 is 2.46 bits per heavy atom. The van der Waals surface area contributed by atoms with Crippen molar-refractivity contribution < 1.29 is 27.5 Å². The lowest BCUT2D eigenvalue weighted by Gasteiger charge is -2.15. The molecule has 0 aromatic heterocycles. The minimum absolute atomic E-state index is 0.0461. The highest BCUT2D eigenvalue weighted by atomic mass is 32.2. The van der Waals surface area contributed by atoms with E-state index in [0.29, 0.717) is 13.2 Å². The SMILES string of the molecule is CC(C)CNC(=O)C(C)OC(=O)c1ccc(S(=O)(=O)NCC2CCCO2)cc1. The van der Waals surface area contributed by atoms with Crippen LogP contribution in [0.25, 0.3) is 0 Å². The number of esters is 1. The summed E-state index contributed by atoms with van der Waals surface area (Å²) in [6.45, 7) is 6.77. The van der Waals surface area contributed by atoms with Gasteiger partial charge in [0.2, 0.25) is 10.0 Å². The Morgan fingerprint density at radius 2 is 1.89 bits per heavy atom. The Hall–Kier alpha value is -1.97. The number of amides is 1. The van der Waals surface area contributed by atoms with Crippen LogP contribution in [0.15, 0.2) is 29.2 Å². The molecule has 0 radical (unpaired) electrons. The molecule has 1 heterocycles. The van der Waals surface area contributed by atoms with Gasteiger partial charge < -0.3 is 14.8 Å². The van der Waals surface area contributed by atoms with Crippen LogP contribution in [0.3, 0.4) is 0 Å². The summed E-state index contributed by atoms with van der Waals surface area (Å²) in [5.74, 6) is -0.779. The molecule has 1 aliphatic heterocycles. The molecule has 1 fully saturated rings. The molecule has 1 aromatic rings. The molecular formula is C19H28N2O6S. The maximum Gasteiger partial charge on any atom is 0.338 e. The lowest BCUT2D eigenvalue weighted by molar-refractivity contribution is -0.129. The van der Waals surface area contributed by atoms with Crippen LogP contribution < -0.4 is 10.0 Å². The Bertz CT molecular complexity index is 770. The van der Waals surface area contributed by atoms with Crippen LogP contribution in [0, 0.1) is 5.92 Å². The zero-order valence-electron chi connectivity index (χ0n) is 16.4. The minimum atomic E-state index is -3.69. The fourth-order valence-corrected chi connectivity index (χ4v) is 3.66. The molecule has 156 valence electrons. The van der Waals surface area contributed by atoms with Gasteiger partial charge in [-0.05, 0) is 49.9 Å². The van der Waals surface area contributed by atoms with Gasteiger partial charge in [-0.1, -0.05) is 13.8 Å². The molecule has 0 saturated carbocycles. The van der Waals surface area contributed by atoms with E-state index < -0.39 is 22.1 Å². The number of hydrogen-bond donors (Lipinski definition) is 2. The third kappa shape index (κ3) is 6.57. The monoisotopic (exact) mass is 412 g/mol. The van der Waals surface area contributed by atoms with Crippen LogP contribution in [-0.2, 0) is 24.3 Å². The van der Waals surface area contributed by atoms with Crippen LogP contribution in [0.1, 0.15) is 44.0 Å². The van der Waals surface area contributed by atoms with Gasteiger partial charge in [-0.3, -0.25) is 4.79 Å². The zero-order valence-corrected chi connectivity index (χ0v) is 17.3. The second kappa shape index (κ2) is 9.99. The molecule has 0 bridgehead atoms. The van der Waals surface area contributed by atoms with Crippen molar-refractivity contribution in [1.82, 2.24) is 10.0 Å². The molecule has 1 saturated heterocycles. The largest absolute Gasteiger partial charge is 0.449 e. The van der Waals surface area contributed by atoms with E-state index in [4.69, 9.17) is 9.47 Å². The van der Waals surface area contributed by atoms with Crippen LogP contribution in [0.2, 0.25) is 0 Å². The smallest absolute Gasteiger partial charge is 0.338 e. The van der Waals surface area contributed by atoms with Crippen molar-refractivity contribution in [3.05, 3.63) is 29.8 Å². The molecule has 0 spiro atoms. The standard InChI is InChI=1S/C19H28N2O6S/c1-13(2)11-20-18(22)14(3)27-19(23)15-6-8-17(9-7-15)28(24,25)21-12-16-5-4-10-26-16/h6-9,13-14,16,21H,4-5,10-12H2,1-3H3,(H,20,22). The first-order valence-electron chi connectivity index (χ1n) is 9.39. The van der Waals surface area contributed by atoms with E-state index in [1.165, 1.54) is 31.2 Å². The van der Waals surface area contributed by atoms with Crippen LogP contribution in [0.4, 0.5) is 0 Å². The highest BCUT2D eigenvalue weighted by Gasteiger charge is 2.22. The van der Waals surface area contributed by atoms with Crippen molar-refractivity contribution in [2.75, 3.05) is 19.7 Å². The fourth-order valence-electron chi connectivity index (χ4n) is 2.59. The average Bonchev–Trinajstić information content (AvgIpc) is 3.18. The van der Waals surface area contributed by atoms with Crippen molar-refractivity contribution in [1.29, 1.82) is 0 Å². The summed E-state index contributed by atoms with van der Waals surface area (Å²) in [5, 5.41) is 2.69. The predicted octanol–water partition coefficient (Wildman–Crippen LogP) is 1.46. The van der Waals surface area contributed by atoms with Gasteiger partial charge >= 0.3 is 5.97 Å². The number of nitrogens with one attached hydrogen (secondary N) is 2. The molecule has 2 N–H and O–H groups in total. The maximum atomic E-state index is 12.3. The second-order valence-corrected chi connectivity index (χ2v) is 8.96. The Labute approximate surface area is 166 Å². The molecular weight excluding hydrogens is 384 g/mol. The van der Waals surface area contributed by atoms with Gasteiger partial charge in [0.1, 0.15) is 0 Å². The minimum Gasteiger partial charge on any atom is -0.449 e. The molecule has 9 heteroatoms. The summed E-state index contributed by atoms with van der Waals surface area (Å²) in [7, 11) is -3.69. The van der Waals surface area contributed by atoms with Crippen molar-refractivity contribution in [3.63, 3.8) is 0 Å². The Morgan fingerprint density at radius 1 is 1.21 bits per heavy atom. The summed E-state index contributed by atoms with van der Waals surface area (Å²) in [4.78, 5) is 24.1. The molecule has 2 atom stereocenters. The first-order chi connectivity index (χ1) is 13.2. The van der Waals surface area contributed by atoms with Crippen LogP contribution in [-0.4, -0.2) is 52.2 Å².